The van der Waals surface area contributed by atoms with Gasteiger partial charge in [0, 0.05) is 7.05 Å². The first-order chi connectivity index (χ1) is 11.7. The van der Waals surface area contributed by atoms with Gasteiger partial charge in [-0.25, -0.2) is 0 Å². The third-order valence-electron chi connectivity index (χ3n) is 3.76. The van der Waals surface area contributed by atoms with Gasteiger partial charge in [0.05, 0.1) is 11.1 Å². The fourth-order valence-corrected chi connectivity index (χ4v) is 2.43. The van der Waals surface area contributed by atoms with Crippen LogP contribution in [0.4, 0.5) is 0 Å². The Hall–Kier alpha value is -2.74. The molecule has 1 aliphatic rings. The summed E-state index contributed by atoms with van der Waals surface area (Å²) in [5, 5.41) is 5.61. The van der Waals surface area contributed by atoms with E-state index in [4.69, 9.17) is 4.84 Å². The van der Waals surface area contributed by atoms with E-state index in [2.05, 4.69) is 10.6 Å². The summed E-state index contributed by atoms with van der Waals surface area (Å²) in [5.41, 5.74) is -0.0673. The van der Waals surface area contributed by atoms with Crippen LogP contribution in [0, 0.1) is 5.41 Å². The van der Waals surface area contributed by atoms with Crippen LogP contribution in [0.3, 0.4) is 0 Å². The second-order valence-electron chi connectivity index (χ2n) is 6.70. The lowest BCUT2D eigenvalue weighted by Crippen LogP contribution is -2.54. The van der Waals surface area contributed by atoms with Crippen molar-refractivity contribution in [1.29, 1.82) is 0 Å². The molecule has 1 atom stereocenters. The van der Waals surface area contributed by atoms with Crippen LogP contribution < -0.4 is 10.6 Å². The van der Waals surface area contributed by atoms with Crippen LogP contribution in [-0.4, -0.2) is 48.4 Å². The Morgan fingerprint density at radius 2 is 1.64 bits per heavy atom. The number of hydroxylamine groups is 2. The summed E-state index contributed by atoms with van der Waals surface area (Å²) in [4.78, 5) is 53.4. The Morgan fingerprint density at radius 1 is 1.12 bits per heavy atom. The molecule has 0 fully saturated rings. The summed E-state index contributed by atoms with van der Waals surface area (Å²) < 4.78 is 0. The number of likely N-dealkylation sites (N-methyl/N-ethyl adjacent to an activating group) is 1. The Bertz CT molecular complexity index is 688. The fourth-order valence-electron chi connectivity index (χ4n) is 2.43. The number of fused-ring (bicyclic) bond motifs is 1. The summed E-state index contributed by atoms with van der Waals surface area (Å²) in [6, 6.07) is 5.52. The molecule has 0 radical (unpaired) electrons. The fraction of sp³-hybridized carbons (Fsp3) is 0.412. The number of amides is 4. The van der Waals surface area contributed by atoms with Crippen molar-refractivity contribution in [2.45, 2.75) is 26.8 Å². The van der Waals surface area contributed by atoms with Gasteiger partial charge < -0.3 is 10.6 Å². The largest absolute Gasteiger partial charge is 0.357 e. The van der Waals surface area contributed by atoms with Gasteiger partial charge in [-0.05, 0) is 17.5 Å². The first kappa shape index (κ1) is 18.6. The molecule has 4 amide bonds. The maximum Gasteiger partial charge on any atom is 0.285 e. The minimum Gasteiger partial charge on any atom is -0.357 e. The molecule has 1 heterocycles. The molecule has 8 nitrogen and oxygen atoms in total. The highest BCUT2D eigenvalue weighted by atomic mass is 16.7. The van der Waals surface area contributed by atoms with E-state index in [1.54, 1.807) is 32.9 Å². The van der Waals surface area contributed by atoms with Crippen LogP contribution in [0.5, 0.6) is 0 Å². The number of nitrogens with zero attached hydrogens (tertiary/aromatic N) is 1. The van der Waals surface area contributed by atoms with Crippen LogP contribution in [0.15, 0.2) is 24.3 Å². The van der Waals surface area contributed by atoms with Gasteiger partial charge in [0.15, 0.2) is 6.61 Å². The third-order valence-corrected chi connectivity index (χ3v) is 3.76. The lowest BCUT2D eigenvalue weighted by molar-refractivity contribution is -0.143. The van der Waals surface area contributed by atoms with Gasteiger partial charge in [0.2, 0.25) is 11.8 Å². The number of rotatable bonds is 5. The Morgan fingerprint density at radius 3 is 2.08 bits per heavy atom. The summed E-state index contributed by atoms with van der Waals surface area (Å²) >= 11 is 0. The number of carbonyl (C=O) groups is 4. The Labute approximate surface area is 145 Å². The molecule has 0 spiro atoms. The van der Waals surface area contributed by atoms with Crippen molar-refractivity contribution < 1.29 is 24.0 Å². The van der Waals surface area contributed by atoms with Crippen molar-refractivity contribution in [3.05, 3.63) is 35.4 Å². The van der Waals surface area contributed by atoms with Crippen molar-refractivity contribution >= 4 is 23.6 Å². The Balaban J connectivity index is 2.00. The standard InChI is InChI=1S/C17H21N3O5/c1-17(2,3)13(14(22)18-4)19-12(21)9-25-20-15(23)10-7-5-6-8-11(10)16(20)24/h5-8,13H,9H2,1-4H3,(H,18,22)(H,19,21). The lowest BCUT2D eigenvalue weighted by Gasteiger charge is -2.29. The van der Waals surface area contributed by atoms with E-state index in [1.165, 1.54) is 19.2 Å². The first-order valence-electron chi connectivity index (χ1n) is 7.78. The smallest absolute Gasteiger partial charge is 0.285 e. The van der Waals surface area contributed by atoms with Gasteiger partial charge >= 0.3 is 0 Å². The predicted molar refractivity (Wildman–Crippen MR) is 88.3 cm³/mol. The van der Waals surface area contributed by atoms with Gasteiger partial charge in [-0.15, -0.1) is 5.06 Å². The molecule has 0 aromatic heterocycles. The van der Waals surface area contributed by atoms with Crippen LogP contribution >= 0.6 is 0 Å². The molecule has 0 saturated carbocycles. The van der Waals surface area contributed by atoms with E-state index in [0.29, 0.717) is 5.06 Å². The molecule has 25 heavy (non-hydrogen) atoms. The van der Waals surface area contributed by atoms with Crippen molar-refractivity contribution in [3.8, 4) is 0 Å². The number of imide groups is 1. The molecule has 134 valence electrons. The van der Waals surface area contributed by atoms with E-state index < -0.39 is 35.8 Å². The molecule has 2 rings (SSSR count). The predicted octanol–water partition coefficient (Wildman–Crippen LogP) is 0.491. The van der Waals surface area contributed by atoms with E-state index in [0.717, 1.165) is 0 Å². The van der Waals surface area contributed by atoms with Crippen LogP contribution in [0.1, 0.15) is 41.5 Å². The van der Waals surface area contributed by atoms with Crippen molar-refractivity contribution in [2.75, 3.05) is 13.7 Å². The molecular weight excluding hydrogens is 326 g/mol. The molecule has 0 saturated heterocycles. The van der Waals surface area contributed by atoms with Gasteiger partial charge in [-0.3, -0.25) is 24.0 Å². The zero-order valence-corrected chi connectivity index (χ0v) is 14.6. The average molecular weight is 347 g/mol. The highest BCUT2D eigenvalue weighted by Crippen LogP contribution is 2.23. The molecule has 1 unspecified atom stereocenters. The van der Waals surface area contributed by atoms with E-state index in [1.807, 2.05) is 0 Å². The second-order valence-corrected chi connectivity index (χ2v) is 6.70. The zero-order valence-electron chi connectivity index (χ0n) is 14.6. The number of hydrogen-bond acceptors (Lipinski definition) is 5. The molecule has 1 aromatic rings. The van der Waals surface area contributed by atoms with Gasteiger partial charge in [-0.2, -0.15) is 0 Å². The molecule has 2 N–H and O–H groups in total. The zero-order chi connectivity index (χ0) is 18.8. The second kappa shape index (κ2) is 7.02. The summed E-state index contributed by atoms with van der Waals surface area (Å²) in [5.74, 6) is -2.19. The lowest BCUT2D eigenvalue weighted by atomic mass is 9.86. The summed E-state index contributed by atoms with van der Waals surface area (Å²) in [7, 11) is 1.47. The third kappa shape index (κ3) is 3.85. The van der Waals surface area contributed by atoms with E-state index in [-0.39, 0.29) is 17.0 Å². The van der Waals surface area contributed by atoms with Crippen molar-refractivity contribution in [3.63, 3.8) is 0 Å². The van der Waals surface area contributed by atoms with Gasteiger partial charge in [0.1, 0.15) is 6.04 Å². The Kier molecular flexibility index (Phi) is 5.22. The first-order valence-corrected chi connectivity index (χ1v) is 7.78. The van der Waals surface area contributed by atoms with E-state index >= 15 is 0 Å². The van der Waals surface area contributed by atoms with Gasteiger partial charge in [0.25, 0.3) is 11.8 Å². The summed E-state index contributed by atoms with van der Waals surface area (Å²) in [6.45, 7) is 4.85. The number of carbonyl (C=O) groups excluding carboxylic acids is 4. The number of nitrogens with one attached hydrogen (secondary N) is 2. The summed E-state index contributed by atoms with van der Waals surface area (Å²) in [6.07, 6.45) is 0. The van der Waals surface area contributed by atoms with E-state index in [9.17, 15) is 19.2 Å². The van der Waals surface area contributed by atoms with Crippen molar-refractivity contribution in [2.24, 2.45) is 5.41 Å². The molecular formula is C17H21N3O5. The van der Waals surface area contributed by atoms with Crippen LogP contribution in [-0.2, 0) is 14.4 Å². The molecule has 0 aliphatic carbocycles. The molecule has 1 aromatic carbocycles. The topological polar surface area (TPSA) is 105 Å². The molecule has 0 bridgehead atoms. The van der Waals surface area contributed by atoms with Crippen molar-refractivity contribution in [1.82, 2.24) is 15.7 Å². The number of benzene rings is 1. The maximum absolute atomic E-state index is 12.1. The SMILES string of the molecule is CNC(=O)C(NC(=O)CON1C(=O)c2ccccc2C1=O)C(C)(C)C. The van der Waals surface area contributed by atoms with Crippen LogP contribution in [0.2, 0.25) is 0 Å². The van der Waals surface area contributed by atoms with Crippen LogP contribution in [0.25, 0.3) is 0 Å². The highest BCUT2D eigenvalue weighted by molar-refractivity contribution is 6.20. The molecule has 1 aliphatic heterocycles. The normalized spacial score (nSPS) is 15.0. The van der Waals surface area contributed by atoms with Gasteiger partial charge in [-0.1, -0.05) is 32.9 Å². The minimum absolute atomic E-state index is 0.228. The molecule has 8 heteroatoms. The average Bonchev–Trinajstić information content (AvgIpc) is 2.80. The quantitative estimate of drug-likeness (QED) is 0.754. The monoisotopic (exact) mass is 347 g/mol. The minimum atomic E-state index is -0.782. The highest BCUT2D eigenvalue weighted by Gasteiger charge is 2.37. The number of hydrogen-bond donors (Lipinski definition) is 2. The maximum atomic E-state index is 12.1.